The summed E-state index contributed by atoms with van der Waals surface area (Å²) in [6, 6.07) is 13.8. The van der Waals surface area contributed by atoms with Crippen LogP contribution in [0.25, 0.3) is 26.6 Å². The molecule has 208 valence electrons. The number of rotatable bonds is 8. The van der Waals surface area contributed by atoms with E-state index in [1.165, 1.54) is 11.3 Å². The summed E-state index contributed by atoms with van der Waals surface area (Å²) in [4.78, 5) is 26.2. The third-order valence-electron chi connectivity index (χ3n) is 7.02. The Morgan fingerprint density at radius 3 is 2.70 bits per heavy atom. The molecule has 0 saturated carbocycles. The van der Waals surface area contributed by atoms with E-state index >= 15 is 0 Å². The van der Waals surface area contributed by atoms with Crippen molar-refractivity contribution < 1.29 is 18.8 Å². The third kappa shape index (κ3) is 5.79. The molecule has 0 amide bonds. The summed E-state index contributed by atoms with van der Waals surface area (Å²) in [6.45, 7) is 9.19. The van der Waals surface area contributed by atoms with Crippen molar-refractivity contribution >= 4 is 32.4 Å². The summed E-state index contributed by atoms with van der Waals surface area (Å²) in [5, 5.41) is 4.07. The molecule has 4 aromatic heterocycles. The SMILES string of the molecule is CN1CCOC(COc2ccc3c(n2)sc2nc(-c4ccc(CC(=O)Cc5cc(C(C)(C)C)on5)cc4)cn23)C1. The number of ketones is 1. The number of imidazole rings is 1. The summed E-state index contributed by atoms with van der Waals surface area (Å²) in [5.41, 5.74) is 4.37. The van der Waals surface area contributed by atoms with E-state index in [2.05, 4.69) is 42.3 Å². The average Bonchev–Trinajstić information content (AvgIpc) is 3.63. The highest BCUT2D eigenvalue weighted by Crippen LogP contribution is 2.30. The first-order valence-electron chi connectivity index (χ1n) is 13.5. The summed E-state index contributed by atoms with van der Waals surface area (Å²) < 4.78 is 19.2. The van der Waals surface area contributed by atoms with Crippen LogP contribution in [-0.2, 0) is 27.8 Å². The average molecular weight is 560 g/mol. The molecule has 0 radical (unpaired) electrons. The first-order valence-corrected chi connectivity index (χ1v) is 14.3. The van der Waals surface area contributed by atoms with Gasteiger partial charge in [0.2, 0.25) is 5.88 Å². The van der Waals surface area contributed by atoms with Crippen molar-refractivity contribution in [1.82, 2.24) is 24.4 Å². The van der Waals surface area contributed by atoms with Gasteiger partial charge in [0.05, 0.1) is 29.9 Å². The van der Waals surface area contributed by atoms with Crippen LogP contribution < -0.4 is 4.74 Å². The minimum absolute atomic E-state index is 0.0547. The number of Topliss-reactive ketones (excluding diaryl/α,β-unsaturated/α-hetero) is 1. The van der Waals surface area contributed by atoms with E-state index in [0.29, 0.717) is 24.6 Å². The van der Waals surface area contributed by atoms with Crippen LogP contribution in [0.15, 0.2) is 53.2 Å². The summed E-state index contributed by atoms with van der Waals surface area (Å²) in [6.07, 6.45) is 2.69. The largest absolute Gasteiger partial charge is 0.475 e. The molecule has 0 spiro atoms. The molecule has 0 N–H and O–H groups in total. The quantitative estimate of drug-likeness (QED) is 0.263. The highest BCUT2D eigenvalue weighted by Gasteiger charge is 2.21. The number of carbonyl (C=O) groups excluding carboxylic acids is 1. The Morgan fingerprint density at radius 2 is 1.95 bits per heavy atom. The maximum absolute atomic E-state index is 12.6. The van der Waals surface area contributed by atoms with Crippen molar-refractivity contribution in [3.63, 3.8) is 0 Å². The van der Waals surface area contributed by atoms with Gasteiger partial charge in [-0.05, 0) is 18.7 Å². The van der Waals surface area contributed by atoms with Gasteiger partial charge in [0.25, 0.3) is 0 Å². The first kappa shape index (κ1) is 26.6. The Labute approximate surface area is 236 Å². The zero-order valence-corrected chi connectivity index (χ0v) is 24.0. The van der Waals surface area contributed by atoms with Gasteiger partial charge in [-0.2, -0.15) is 0 Å². The number of carbonyl (C=O) groups is 1. The van der Waals surface area contributed by atoms with Gasteiger partial charge in [-0.25, -0.2) is 9.97 Å². The maximum atomic E-state index is 12.6. The predicted octanol–water partition coefficient (Wildman–Crippen LogP) is 4.96. The smallest absolute Gasteiger partial charge is 0.214 e. The number of hydrogen-bond donors (Lipinski definition) is 0. The molecule has 1 fully saturated rings. The molecule has 0 bridgehead atoms. The highest BCUT2D eigenvalue weighted by atomic mass is 32.1. The Kier molecular flexibility index (Phi) is 7.16. The van der Waals surface area contributed by atoms with Crippen LogP contribution >= 0.6 is 11.3 Å². The predicted molar refractivity (Wildman–Crippen MR) is 154 cm³/mol. The van der Waals surface area contributed by atoms with E-state index in [1.54, 1.807) is 0 Å². The summed E-state index contributed by atoms with van der Waals surface area (Å²) in [7, 11) is 2.09. The molecule has 40 heavy (non-hydrogen) atoms. The minimum Gasteiger partial charge on any atom is -0.475 e. The number of ether oxygens (including phenoxy) is 2. The molecule has 10 heteroatoms. The lowest BCUT2D eigenvalue weighted by Gasteiger charge is -2.29. The Bertz CT molecular complexity index is 1650. The Hall–Kier alpha value is -3.60. The molecule has 5 aromatic rings. The fraction of sp³-hybridized carbons (Fsp3) is 0.400. The Morgan fingerprint density at radius 1 is 1.12 bits per heavy atom. The number of nitrogens with zero attached hydrogens (tertiary/aromatic N) is 5. The van der Waals surface area contributed by atoms with E-state index in [0.717, 1.165) is 57.6 Å². The number of fused-ring (bicyclic) bond motifs is 3. The summed E-state index contributed by atoms with van der Waals surface area (Å²) in [5.74, 6) is 1.48. The molecule has 1 saturated heterocycles. The molecule has 0 aliphatic carbocycles. The van der Waals surface area contributed by atoms with Crippen LogP contribution in [-0.4, -0.2) is 69.7 Å². The molecule has 1 atom stereocenters. The number of pyridine rings is 1. The van der Waals surface area contributed by atoms with Crippen molar-refractivity contribution in [2.24, 2.45) is 0 Å². The molecule has 1 unspecified atom stereocenters. The number of morpholine rings is 1. The molecular formula is C30H33N5O4S. The number of likely N-dealkylation sites (N-methyl/N-ethyl adjacent to an activating group) is 1. The number of benzene rings is 1. The van der Waals surface area contributed by atoms with E-state index < -0.39 is 0 Å². The van der Waals surface area contributed by atoms with Crippen molar-refractivity contribution in [3.8, 4) is 17.1 Å². The minimum atomic E-state index is -0.131. The van der Waals surface area contributed by atoms with Gasteiger partial charge in [-0.1, -0.05) is 61.5 Å². The van der Waals surface area contributed by atoms with Gasteiger partial charge in [0.15, 0.2) is 4.96 Å². The monoisotopic (exact) mass is 559 g/mol. The van der Waals surface area contributed by atoms with Crippen LogP contribution in [0.4, 0.5) is 0 Å². The maximum Gasteiger partial charge on any atom is 0.214 e. The molecule has 1 aliphatic heterocycles. The van der Waals surface area contributed by atoms with Crippen molar-refractivity contribution in [2.75, 3.05) is 33.4 Å². The van der Waals surface area contributed by atoms with Gasteiger partial charge in [0, 0.05) is 48.8 Å². The third-order valence-corrected chi connectivity index (χ3v) is 7.99. The molecule has 6 rings (SSSR count). The Balaban J connectivity index is 1.10. The normalized spacial score (nSPS) is 16.6. The zero-order valence-electron chi connectivity index (χ0n) is 23.2. The van der Waals surface area contributed by atoms with Crippen LogP contribution in [0.2, 0.25) is 0 Å². The highest BCUT2D eigenvalue weighted by molar-refractivity contribution is 7.23. The number of aromatic nitrogens is 4. The topological polar surface area (TPSA) is 95.0 Å². The van der Waals surface area contributed by atoms with Gasteiger partial charge in [-0.3, -0.25) is 9.20 Å². The van der Waals surface area contributed by atoms with Crippen LogP contribution in [0, 0.1) is 0 Å². The van der Waals surface area contributed by atoms with E-state index in [4.69, 9.17) is 24.0 Å². The second-order valence-corrected chi connectivity index (χ2v) is 12.4. The standard InChI is InChI=1S/C30H33N5O4S/c1-30(2,3)26-15-21(33-39-26)14-22(36)13-19-5-7-20(8-6-19)24-17-35-25-9-10-27(32-28(25)40-29(35)31-24)38-18-23-16-34(4)11-12-37-23/h5-10,15,17,23H,11-14,16,18H2,1-4H3. The van der Waals surface area contributed by atoms with Crippen molar-refractivity contribution in [3.05, 3.63) is 65.7 Å². The fourth-order valence-corrected chi connectivity index (χ4v) is 5.74. The van der Waals surface area contributed by atoms with Gasteiger partial charge >= 0.3 is 0 Å². The molecular weight excluding hydrogens is 526 g/mol. The van der Waals surface area contributed by atoms with Crippen LogP contribution in [0.5, 0.6) is 5.88 Å². The second kappa shape index (κ2) is 10.8. The lowest BCUT2D eigenvalue weighted by Crippen LogP contribution is -2.42. The van der Waals surface area contributed by atoms with Crippen molar-refractivity contribution in [1.29, 1.82) is 0 Å². The van der Waals surface area contributed by atoms with Gasteiger partial charge in [0.1, 0.15) is 29.1 Å². The van der Waals surface area contributed by atoms with E-state index in [9.17, 15) is 4.79 Å². The van der Waals surface area contributed by atoms with Crippen LogP contribution in [0.3, 0.4) is 0 Å². The lowest BCUT2D eigenvalue weighted by atomic mass is 9.93. The van der Waals surface area contributed by atoms with Crippen molar-refractivity contribution in [2.45, 2.75) is 45.1 Å². The lowest BCUT2D eigenvalue weighted by molar-refractivity contribution is -0.117. The zero-order chi connectivity index (χ0) is 27.9. The second-order valence-electron chi connectivity index (χ2n) is 11.4. The van der Waals surface area contributed by atoms with E-state index in [1.807, 2.05) is 48.7 Å². The summed E-state index contributed by atoms with van der Waals surface area (Å²) >= 11 is 1.53. The fourth-order valence-electron chi connectivity index (χ4n) is 4.77. The molecule has 1 aromatic carbocycles. The first-order chi connectivity index (χ1) is 19.2. The number of thiazole rings is 1. The van der Waals surface area contributed by atoms with Crippen LogP contribution in [0.1, 0.15) is 37.8 Å². The number of hydrogen-bond acceptors (Lipinski definition) is 9. The van der Waals surface area contributed by atoms with Gasteiger partial charge in [-0.15, -0.1) is 0 Å². The molecule has 5 heterocycles. The molecule has 9 nitrogen and oxygen atoms in total. The van der Waals surface area contributed by atoms with E-state index in [-0.39, 0.29) is 23.7 Å². The molecule has 1 aliphatic rings. The van der Waals surface area contributed by atoms with Gasteiger partial charge < -0.3 is 18.9 Å².